The maximum Gasteiger partial charge on any atom is 0.229 e. The van der Waals surface area contributed by atoms with E-state index in [1.54, 1.807) is 11.8 Å². The van der Waals surface area contributed by atoms with Gasteiger partial charge in [0.25, 0.3) is 0 Å². The largest absolute Gasteiger partial charge is 0.394 e. The molecule has 0 saturated carbocycles. The third-order valence-electron chi connectivity index (χ3n) is 4.48. The smallest absolute Gasteiger partial charge is 0.229 e. The van der Waals surface area contributed by atoms with Gasteiger partial charge in [-0.15, -0.1) is 11.8 Å². The van der Waals surface area contributed by atoms with Gasteiger partial charge in [0, 0.05) is 28.9 Å². The standard InChI is InChI=1S/C19H26N4OS/c1-3-6-14-12-18(23-10-5-8-16(23)13-24)22-19(20-14)21-15-7-4-9-17(11-15)25-2/h4,7,9,11-12,16,24H,3,5-6,8,10,13H2,1-2H3,(H,20,21,22). The van der Waals surface area contributed by atoms with Gasteiger partial charge in [0.1, 0.15) is 5.82 Å². The molecule has 5 nitrogen and oxygen atoms in total. The van der Waals surface area contributed by atoms with E-state index in [-0.39, 0.29) is 12.6 Å². The van der Waals surface area contributed by atoms with Crippen molar-refractivity contribution in [1.82, 2.24) is 9.97 Å². The normalized spacial score (nSPS) is 17.1. The summed E-state index contributed by atoms with van der Waals surface area (Å²) in [7, 11) is 0. The van der Waals surface area contributed by atoms with Gasteiger partial charge in [-0.05, 0) is 43.7 Å². The Labute approximate surface area is 153 Å². The van der Waals surface area contributed by atoms with Crippen molar-refractivity contribution in [2.45, 2.75) is 43.5 Å². The molecule has 1 atom stereocenters. The van der Waals surface area contributed by atoms with Crippen molar-refractivity contribution in [3.63, 3.8) is 0 Å². The van der Waals surface area contributed by atoms with E-state index >= 15 is 0 Å². The zero-order chi connectivity index (χ0) is 17.6. The molecule has 0 radical (unpaired) electrons. The number of anilines is 3. The molecule has 1 aromatic carbocycles. The van der Waals surface area contributed by atoms with E-state index in [4.69, 9.17) is 4.98 Å². The molecule has 0 aliphatic carbocycles. The van der Waals surface area contributed by atoms with Gasteiger partial charge in [0.15, 0.2) is 0 Å². The Balaban J connectivity index is 1.89. The maximum atomic E-state index is 9.63. The summed E-state index contributed by atoms with van der Waals surface area (Å²) in [5.74, 6) is 1.54. The lowest BCUT2D eigenvalue weighted by molar-refractivity contribution is 0.266. The van der Waals surface area contributed by atoms with Gasteiger partial charge in [-0.3, -0.25) is 0 Å². The number of aliphatic hydroxyl groups excluding tert-OH is 1. The number of hydrogen-bond acceptors (Lipinski definition) is 6. The third-order valence-corrected chi connectivity index (χ3v) is 5.21. The highest BCUT2D eigenvalue weighted by Crippen LogP contribution is 2.27. The second kappa shape index (κ2) is 8.54. The van der Waals surface area contributed by atoms with Crippen LogP contribution in [0.15, 0.2) is 35.2 Å². The summed E-state index contributed by atoms with van der Waals surface area (Å²) in [5, 5.41) is 13.0. The minimum atomic E-state index is 0.164. The Hall–Kier alpha value is -1.79. The fourth-order valence-electron chi connectivity index (χ4n) is 3.23. The van der Waals surface area contributed by atoms with Crippen molar-refractivity contribution < 1.29 is 5.11 Å². The molecule has 6 heteroatoms. The fraction of sp³-hybridized carbons (Fsp3) is 0.474. The van der Waals surface area contributed by atoms with Crippen molar-refractivity contribution in [3.8, 4) is 0 Å². The van der Waals surface area contributed by atoms with E-state index in [9.17, 15) is 5.11 Å². The van der Waals surface area contributed by atoms with Crippen LogP contribution in [-0.4, -0.2) is 40.5 Å². The quantitative estimate of drug-likeness (QED) is 0.733. The van der Waals surface area contributed by atoms with Crippen molar-refractivity contribution in [3.05, 3.63) is 36.0 Å². The SMILES string of the molecule is CCCc1cc(N2CCCC2CO)nc(Nc2cccc(SC)c2)n1. The van der Waals surface area contributed by atoms with Crippen LogP contribution in [0.1, 0.15) is 31.9 Å². The molecule has 1 unspecified atom stereocenters. The van der Waals surface area contributed by atoms with Crippen molar-refractivity contribution in [2.75, 3.05) is 29.6 Å². The minimum absolute atomic E-state index is 0.164. The van der Waals surface area contributed by atoms with Crippen LogP contribution >= 0.6 is 11.8 Å². The number of hydrogen-bond donors (Lipinski definition) is 2. The number of nitrogens with zero attached hydrogens (tertiary/aromatic N) is 3. The summed E-state index contributed by atoms with van der Waals surface area (Å²) >= 11 is 1.71. The highest BCUT2D eigenvalue weighted by molar-refractivity contribution is 7.98. The maximum absolute atomic E-state index is 9.63. The van der Waals surface area contributed by atoms with E-state index in [1.807, 2.05) is 12.1 Å². The molecule has 1 saturated heterocycles. The monoisotopic (exact) mass is 358 g/mol. The Bertz CT molecular complexity index is 710. The van der Waals surface area contributed by atoms with Gasteiger partial charge >= 0.3 is 0 Å². The molecule has 2 heterocycles. The molecule has 2 N–H and O–H groups in total. The summed E-state index contributed by atoms with van der Waals surface area (Å²) in [6.45, 7) is 3.27. The molecule has 0 bridgehead atoms. The molecule has 3 rings (SSSR count). The van der Waals surface area contributed by atoms with Gasteiger partial charge in [-0.1, -0.05) is 19.4 Å². The van der Waals surface area contributed by atoms with Crippen molar-refractivity contribution in [2.24, 2.45) is 0 Å². The number of rotatable bonds is 7. The Kier molecular flexibility index (Phi) is 6.15. The van der Waals surface area contributed by atoms with Gasteiger partial charge in [-0.2, -0.15) is 4.98 Å². The highest BCUT2D eigenvalue weighted by atomic mass is 32.2. The number of thioether (sulfide) groups is 1. The van der Waals surface area contributed by atoms with Crippen LogP contribution in [0.3, 0.4) is 0 Å². The number of aryl methyl sites for hydroxylation is 1. The molecule has 1 aromatic heterocycles. The Morgan fingerprint density at radius 3 is 2.96 bits per heavy atom. The molecule has 134 valence electrons. The van der Waals surface area contributed by atoms with Crippen LogP contribution < -0.4 is 10.2 Å². The molecular weight excluding hydrogens is 332 g/mol. The van der Waals surface area contributed by atoms with E-state index in [0.717, 1.165) is 49.4 Å². The highest BCUT2D eigenvalue weighted by Gasteiger charge is 2.25. The predicted molar refractivity (Wildman–Crippen MR) is 105 cm³/mol. The van der Waals surface area contributed by atoms with Crippen LogP contribution in [-0.2, 0) is 6.42 Å². The molecule has 2 aromatic rings. The average molecular weight is 359 g/mol. The molecule has 1 aliphatic heterocycles. The van der Waals surface area contributed by atoms with E-state index in [1.165, 1.54) is 4.90 Å². The lowest BCUT2D eigenvalue weighted by atomic mass is 10.2. The number of nitrogens with one attached hydrogen (secondary N) is 1. The lowest BCUT2D eigenvalue weighted by Crippen LogP contribution is -2.33. The van der Waals surface area contributed by atoms with E-state index < -0.39 is 0 Å². The van der Waals surface area contributed by atoms with Crippen LogP contribution in [0.5, 0.6) is 0 Å². The van der Waals surface area contributed by atoms with Crippen LogP contribution in [0.2, 0.25) is 0 Å². The Morgan fingerprint density at radius 2 is 2.20 bits per heavy atom. The lowest BCUT2D eigenvalue weighted by Gasteiger charge is -2.25. The van der Waals surface area contributed by atoms with E-state index in [0.29, 0.717) is 5.95 Å². The molecular formula is C19H26N4OS. The first kappa shape index (κ1) is 18.0. The zero-order valence-electron chi connectivity index (χ0n) is 14.9. The topological polar surface area (TPSA) is 61.3 Å². The van der Waals surface area contributed by atoms with Crippen molar-refractivity contribution in [1.29, 1.82) is 0 Å². The summed E-state index contributed by atoms with van der Waals surface area (Å²) in [4.78, 5) is 12.8. The second-order valence-electron chi connectivity index (χ2n) is 6.32. The van der Waals surface area contributed by atoms with E-state index in [2.05, 4.69) is 46.6 Å². The van der Waals surface area contributed by atoms with Gasteiger partial charge in [0.05, 0.1) is 12.6 Å². The first-order chi connectivity index (χ1) is 12.2. The predicted octanol–water partition coefficient (Wildman–Crippen LogP) is 3.86. The Morgan fingerprint density at radius 1 is 1.32 bits per heavy atom. The van der Waals surface area contributed by atoms with Crippen molar-refractivity contribution >= 4 is 29.2 Å². The summed E-state index contributed by atoms with van der Waals surface area (Å²) in [6, 6.07) is 10.5. The second-order valence-corrected chi connectivity index (χ2v) is 7.20. The third kappa shape index (κ3) is 4.44. The van der Waals surface area contributed by atoms with Crippen LogP contribution in [0.25, 0.3) is 0 Å². The van der Waals surface area contributed by atoms with Gasteiger partial charge in [-0.25, -0.2) is 4.98 Å². The minimum Gasteiger partial charge on any atom is -0.394 e. The van der Waals surface area contributed by atoms with Gasteiger partial charge in [0.2, 0.25) is 5.95 Å². The summed E-state index contributed by atoms with van der Waals surface area (Å²) in [6.07, 6.45) is 6.14. The fourth-order valence-corrected chi connectivity index (χ4v) is 3.69. The number of aliphatic hydroxyl groups is 1. The number of benzene rings is 1. The average Bonchev–Trinajstić information content (AvgIpc) is 3.11. The number of aromatic nitrogens is 2. The molecule has 1 fully saturated rings. The molecule has 0 spiro atoms. The zero-order valence-corrected chi connectivity index (χ0v) is 15.7. The van der Waals surface area contributed by atoms with Gasteiger partial charge < -0.3 is 15.3 Å². The van der Waals surface area contributed by atoms with Crippen LogP contribution in [0, 0.1) is 0 Å². The molecule has 0 amide bonds. The summed E-state index contributed by atoms with van der Waals surface area (Å²) in [5.41, 5.74) is 2.03. The molecule has 1 aliphatic rings. The summed E-state index contributed by atoms with van der Waals surface area (Å²) < 4.78 is 0. The first-order valence-electron chi connectivity index (χ1n) is 8.90. The molecule has 25 heavy (non-hydrogen) atoms. The van der Waals surface area contributed by atoms with Crippen LogP contribution in [0.4, 0.5) is 17.5 Å². The first-order valence-corrected chi connectivity index (χ1v) is 10.1.